The van der Waals surface area contributed by atoms with Gasteiger partial charge in [0, 0.05) is 55.4 Å². The highest BCUT2D eigenvalue weighted by molar-refractivity contribution is 6.32. The normalized spacial score (nSPS) is 13.5. The van der Waals surface area contributed by atoms with Crippen molar-refractivity contribution in [2.24, 2.45) is 0 Å². The largest absolute Gasteiger partial charge is 0.456 e. The van der Waals surface area contributed by atoms with Crippen LogP contribution in [0, 0.1) is 0 Å². The second kappa shape index (κ2) is 11.2. The average Bonchev–Trinajstić information content (AvgIpc) is 3.84. The lowest BCUT2D eigenvalue weighted by Crippen LogP contribution is -2.00. The summed E-state index contributed by atoms with van der Waals surface area (Å²) in [5, 5.41) is 6.14. The van der Waals surface area contributed by atoms with Crippen molar-refractivity contribution in [2.75, 3.05) is 0 Å². The van der Waals surface area contributed by atoms with Crippen LogP contribution < -0.4 is 0 Å². The first-order valence-corrected chi connectivity index (χ1v) is 17.0. The van der Waals surface area contributed by atoms with Gasteiger partial charge in [0.15, 0.2) is 17.5 Å². The van der Waals surface area contributed by atoms with Crippen LogP contribution in [0.4, 0.5) is 0 Å². The van der Waals surface area contributed by atoms with Crippen molar-refractivity contribution in [3.05, 3.63) is 170 Å². The van der Waals surface area contributed by atoms with Gasteiger partial charge < -0.3 is 8.98 Å². The third-order valence-electron chi connectivity index (χ3n) is 9.75. The van der Waals surface area contributed by atoms with Crippen LogP contribution in [0.3, 0.4) is 0 Å². The molecular formula is C47H28N4O. The molecule has 0 unspecified atom stereocenters. The highest BCUT2D eigenvalue weighted by Crippen LogP contribution is 2.43. The topological polar surface area (TPSA) is 56.7 Å². The highest BCUT2D eigenvalue weighted by Gasteiger charge is 2.21. The lowest BCUT2D eigenvalue weighted by Gasteiger charge is -2.12. The van der Waals surface area contributed by atoms with Crippen LogP contribution in [0.15, 0.2) is 174 Å². The van der Waals surface area contributed by atoms with E-state index in [1.807, 2.05) is 120 Å². The number of furan rings is 1. The maximum atomic E-state index is 9.84. The fraction of sp³-hybridized carbons (Fsp3) is 0. The molecule has 0 radical (unpaired) electrons. The highest BCUT2D eigenvalue weighted by atomic mass is 16.3. The number of nitrogens with zero attached hydrogens (tertiary/aromatic N) is 4. The van der Waals surface area contributed by atoms with E-state index in [0.29, 0.717) is 22.8 Å². The van der Waals surface area contributed by atoms with Gasteiger partial charge in [0.2, 0.25) is 0 Å². The number of para-hydroxylation sites is 1. The van der Waals surface area contributed by atoms with Crippen LogP contribution in [-0.2, 0) is 0 Å². The Bertz CT molecular complexity index is 3470. The molecule has 5 nitrogen and oxygen atoms in total. The molecule has 11 rings (SSSR count). The molecule has 0 saturated carbocycles. The molecular weight excluding hydrogens is 637 g/mol. The van der Waals surface area contributed by atoms with Gasteiger partial charge in [-0.1, -0.05) is 139 Å². The second-order valence-electron chi connectivity index (χ2n) is 12.7. The van der Waals surface area contributed by atoms with Crippen molar-refractivity contribution in [3.8, 4) is 39.9 Å². The van der Waals surface area contributed by atoms with E-state index in [4.69, 9.17) is 22.1 Å². The summed E-state index contributed by atoms with van der Waals surface area (Å²) in [6.07, 6.45) is 0. The van der Waals surface area contributed by atoms with Crippen LogP contribution >= 0.6 is 0 Å². The van der Waals surface area contributed by atoms with Crippen LogP contribution in [0.1, 0.15) is 8.22 Å². The van der Waals surface area contributed by atoms with E-state index in [0.717, 1.165) is 43.4 Å². The maximum absolute atomic E-state index is 9.84. The number of rotatable bonds is 4. The Morgan fingerprint density at radius 2 is 1.04 bits per heavy atom. The van der Waals surface area contributed by atoms with Gasteiger partial charge in [0.1, 0.15) is 11.2 Å². The molecule has 0 aliphatic carbocycles. The van der Waals surface area contributed by atoms with Crippen molar-refractivity contribution >= 4 is 65.3 Å². The zero-order valence-electron chi connectivity index (χ0n) is 33.4. The minimum atomic E-state index is -0.422. The maximum Gasteiger partial charge on any atom is 0.164 e. The monoisotopic (exact) mass is 670 g/mol. The van der Waals surface area contributed by atoms with Crippen LogP contribution in [-0.4, -0.2) is 19.5 Å². The Morgan fingerprint density at radius 3 is 1.75 bits per heavy atom. The molecule has 0 saturated heterocycles. The lowest BCUT2D eigenvalue weighted by molar-refractivity contribution is 0.668. The van der Waals surface area contributed by atoms with Gasteiger partial charge in [-0.05, 0) is 40.4 Å². The van der Waals surface area contributed by atoms with Crippen LogP contribution in [0.25, 0.3) is 105 Å². The first-order chi connectivity index (χ1) is 28.3. The number of hydrogen-bond acceptors (Lipinski definition) is 4. The number of fused-ring (bicyclic) bond motifs is 11. The van der Waals surface area contributed by atoms with Crippen LogP contribution in [0.5, 0.6) is 0 Å². The molecule has 52 heavy (non-hydrogen) atoms. The van der Waals surface area contributed by atoms with E-state index in [1.165, 1.54) is 0 Å². The molecule has 5 heteroatoms. The van der Waals surface area contributed by atoms with E-state index in [9.17, 15) is 5.48 Å². The number of benzene rings is 8. The smallest absolute Gasteiger partial charge is 0.164 e. The Kier molecular flexibility index (Phi) is 5.03. The summed E-state index contributed by atoms with van der Waals surface area (Å²) in [6.45, 7) is 0. The fourth-order valence-electron chi connectivity index (χ4n) is 7.50. The van der Waals surface area contributed by atoms with Crippen molar-refractivity contribution in [1.29, 1.82) is 0 Å². The molecule has 0 spiro atoms. The summed E-state index contributed by atoms with van der Waals surface area (Å²) >= 11 is 0. The van der Waals surface area contributed by atoms with Gasteiger partial charge in [-0.2, -0.15) is 0 Å². The third kappa shape index (κ3) is 4.26. The number of aromatic nitrogens is 4. The second-order valence-corrected chi connectivity index (χ2v) is 12.7. The molecule has 3 heterocycles. The van der Waals surface area contributed by atoms with E-state index >= 15 is 0 Å². The third-order valence-corrected chi connectivity index (χ3v) is 9.75. The predicted octanol–water partition coefficient (Wildman–Crippen LogP) is 12.2. The molecule has 3 aromatic heterocycles. The summed E-state index contributed by atoms with van der Waals surface area (Å²) in [5.41, 5.74) is 3.02. The van der Waals surface area contributed by atoms with Crippen molar-refractivity contribution in [1.82, 2.24) is 19.5 Å². The minimum absolute atomic E-state index is 0.0394. The Balaban J connectivity index is 1.27. The van der Waals surface area contributed by atoms with Gasteiger partial charge in [0.05, 0.1) is 19.3 Å². The molecule has 11 aromatic rings. The molecule has 8 aromatic carbocycles. The first kappa shape index (κ1) is 23.3. The van der Waals surface area contributed by atoms with Crippen LogP contribution in [0.2, 0.25) is 0 Å². The van der Waals surface area contributed by atoms with Crippen molar-refractivity contribution in [3.63, 3.8) is 0 Å². The van der Waals surface area contributed by atoms with E-state index in [2.05, 4.69) is 18.2 Å². The zero-order valence-corrected chi connectivity index (χ0v) is 27.4. The Labute approximate surface area is 306 Å². The van der Waals surface area contributed by atoms with E-state index in [-0.39, 0.29) is 69.2 Å². The molecule has 0 aliphatic rings. The Hall–Kier alpha value is -7.11. The zero-order chi connectivity index (χ0) is 39.4. The van der Waals surface area contributed by atoms with Gasteiger partial charge in [0.25, 0.3) is 0 Å². The predicted molar refractivity (Wildman–Crippen MR) is 213 cm³/mol. The SMILES string of the molecule is [2H]c1c([2H])c(-c2nc(-c3ccccc3)nc(-c3ccccc3)n2)c2c(oc3c([2H])c(-n4c5ccccc5c5c6ccccc6c6ccccc6c54)c([2H])c([2H])c32)c1[2H]. The number of hydrogen-bond donors (Lipinski definition) is 0. The molecule has 0 atom stereocenters. The molecule has 242 valence electrons. The Morgan fingerprint density at radius 1 is 0.462 bits per heavy atom. The standard InChI is InChI=1S/C47H28N4O/c1-3-14-29(15-4-1)45-48-46(30-16-5-2-6-17-30)50-47(49-45)38-23-13-25-40-42(38)37-27-26-31(28-41(37)52-40)51-39-24-12-11-22-36(39)43-34-20-9-7-18-32(34)33-19-8-10-21-35(33)44(43)51/h1-28H/i13D,23D,25D,26D,27D,28D. The van der Waals surface area contributed by atoms with Crippen molar-refractivity contribution in [2.45, 2.75) is 0 Å². The summed E-state index contributed by atoms with van der Waals surface area (Å²) < 4.78 is 64.7. The lowest BCUT2D eigenvalue weighted by atomic mass is 9.97. The fourth-order valence-corrected chi connectivity index (χ4v) is 7.50. The van der Waals surface area contributed by atoms with E-state index in [1.54, 1.807) is 0 Å². The summed E-state index contributed by atoms with van der Waals surface area (Å²) in [4.78, 5) is 14.5. The average molecular weight is 671 g/mol. The van der Waals surface area contributed by atoms with Crippen molar-refractivity contribution < 1.29 is 12.6 Å². The molecule has 0 bridgehead atoms. The molecule has 0 N–H and O–H groups in total. The minimum Gasteiger partial charge on any atom is -0.456 e. The van der Waals surface area contributed by atoms with E-state index < -0.39 is 6.04 Å². The summed E-state index contributed by atoms with van der Waals surface area (Å²) in [7, 11) is 0. The molecule has 0 aliphatic heterocycles. The summed E-state index contributed by atoms with van der Waals surface area (Å²) in [6, 6.07) is 41.1. The van der Waals surface area contributed by atoms with Gasteiger partial charge >= 0.3 is 0 Å². The first-order valence-electron chi connectivity index (χ1n) is 20.0. The molecule has 0 amide bonds. The quantitative estimate of drug-likeness (QED) is 0.175. The summed E-state index contributed by atoms with van der Waals surface area (Å²) in [5.74, 6) is 0.697. The van der Waals surface area contributed by atoms with Gasteiger partial charge in [-0.25, -0.2) is 15.0 Å². The molecule has 0 fully saturated rings. The van der Waals surface area contributed by atoms with Gasteiger partial charge in [-0.3, -0.25) is 0 Å². The van der Waals surface area contributed by atoms with Gasteiger partial charge in [-0.15, -0.1) is 0 Å².